The van der Waals surface area contributed by atoms with Gasteiger partial charge in [0.2, 0.25) is 0 Å². The lowest BCUT2D eigenvalue weighted by Gasteiger charge is -2.06. The van der Waals surface area contributed by atoms with Crippen LogP contribution in [0, 0.1) is 3.57 Å². The number of hydrogen-bond acceptors (Lipinski definition) is 4. The minimum Gasteiger partial charge on any atom is -0.489 e. The highest BCUT2D eigenvalue weighted by Gasteiger charge is 2.01. The third-order valence-electron chi connectivity index (χ3n) is 3.71. The molecule has 1 amide bonds. The Morgan fingerprint density at radius 3 is 2.25 bits per heavy atom. The van der Waals surface area contributed by atoms with Crippen LogP contribution >= 0.6 is 22.6 Å². The number of carbonyl (C=O) groups excluding carboxylic acids is 1. The molecule has 0 spiro atoms. The largest absolute Gasteiger partial charge is 0.489 e. The van der Waals surface area contributed by atoms with Gasteiger partial charge in [-0.15, -0.1) is 0 Å². The number of nitrogens with zero attached hydrogens (tertiary/aromatic N) is 1. The molecule has 0 aliphatic carbocycles. The van der Waals surface area contributed by atoms with E-state index in [2.05, 4.69) is 33.1 Å². The molecule has 3 aromatic carbocycles. The first-order chi connectivity index (χ1) is 13.7. The summed E-state index contributed by atoms with van der Waals surface area (Å²) < 4.78 is 12.2. The Morgan fingerprint density at radius 2 is 1.54 bits per heavy atom. The first-order valence-electron chi connectivity index (χ1n) is 8.66. The highest BCUT2D eigenvalue weighted by molar-refractivity contribution is 14.1. The summed E-state index contributed by atoms with van der Waals surface area (Å²) in [5.41, 5.74) is 4.41. The van der Waals surface area contributed by atoms with E-state index < -0.39 is 0 Å². The van der Waals surface area contributed by atoms with E-state index in [1.165, 1.54) is 0 Å². The maximum absolute atomic E-state index is 11.8. The van der Waals surface area contributed by atoms with Crippen molar-refractivity contribution in [2.75, 3.05) is 6.61 Å². The molecule has 28 heavy (non-hydrogen) atoms. The van der Waals surface area contributed by atoms with Crippen molar-refractivity contribution in [3.05, 3.63) is 93.6 Å². The zero-order valence-electron chi connectivity index (χ0n) is 15.0. The van der Waals surface area contributed by atoms with Crippen molar-refractivity contribution in [2.24, 2.45) is 5.10 Å². The summed E-state index contributed by atoms with van der Waals surface area (Å²) in [5, 5.41) is 3.94. The fraction of sp³-hybridized carbons (Fsp3) is 0.0909. The molecule has 3 aromatic rings. The molecule has 6 heteroatoms. The molecule has 0 atom stereocenters. The number of rotatable bonds is 8. The highest BCUT2D eigenvalue weighted by atomic mass is 127. The predicted molar refractivity (Wildman–Crippen MR) is 118 cm³/mol. The Hall–Kier alpha value is -2.87. The molecule has 0 heterocycles. The van der Waals surface area contributed by atoms with Crippen LogP contribution in [0.1, 0.15) is 11.1 Å². The van der Waals surface area contributed by atoms with Crippen molar-refractivity contribution < 1.29 is 14.3 Å². The van der Waals surface area contributed by atoms with Crippen LogP contribution in [0.15, 0.2) is 84.0 Å². The number of hydrazone groups is 1. The van der Waals surface area contributed by atoms with Crippen LogP contribution < -0.4 is 14.9 Å². The van der Waals surface area contributed by atoms with Crippen LogP contribution in [-0.2, 0) is 11.4 Å². The molecule has 0 aliphatic rings. The van der Waals surface area contributed by atoms with Gasteiger partial charge in [0.05, 0.1) is 6.21 Å². The second-order valence-electron chi connectivity index (χ2n) is 5.88. The van der Waals surface area contributed by atoms with Gasteiger partial charge in [0.25, 0.3) is 5.91 Å². The van der Waals surface area contributed by atoms with E-state index in [1.54, 1.807) is 6.21 Å². The maximum Gasteiger partial charge on any atom is 0.277 e. The monoisotopic (exact) mass is 486 g/mol. The summed E-state index contributed by atoms with van der Waals surface area (Å²) in [4.78, 5) is 11.8. The lowest BCUT2D eigenvalue weighted by Crippen LogP contribution is -2.24. The molecule has 0 aliphatic heterocycles. The zero-order valence-corrected chi connectivity index (χ0v) is 17.2. The molecule has 0 aromatic heterocycles. The summed E-state index contributed by atoms with van der Waals surface area (Å²) in [6.07, 6.45) is 1.57. The Balaban J connectivity index is 1.41. The fourth-order valence-corrected chi connectivity index (χ4v) is 2.64. The first kappa shape index (κ1) is 19.9. The van der Waals surface area contributed by atoms with Gasteiger partial charge < -0.3 is 9.47 Å². The summed E-state index contributed by atoms with van der Waals surface area (Å²) >= 11 is 2.21. The molecule has 142 valence electrons. The molecule has 0 fully saturated rings. The molecule has 0 radical (unpaired) electrons. The standard InChI is InChI=1S/C22H19IN2O3/c23-19-8-12-21(13-9-19)28-16-22(26)25-24-14-17-6-10-20(11-7-17)27-15-18-4-2-1-3-5-18/h1-14H,15-16H2,(H,25,26). The molecular weight excluding hydrogens is 467 g/mol. The third-order valence-corrected chi connectivity index (χ3v) is 4.43. The van der Waals surface area contributed by atoms with E-state index in [4.69, 9.17) is 9.47 Å². The molecular formula is C22H19IN2O3. The second-order valence-corrected chi connectivity index (χ2v) is 7.12. The smallest absolute Gasteiger partial charge is 0.277 e. The fourth-order valence-electron chi connectivity index (χ4n) is 2.28. The lowest BCUT2D eigenvalue weighted by atomic mass is 10.2. The summed E-state index contributed by atoms with van der Waals surface area (Å²) in [5.74, 6) is 1.10. The number of carbonyl (C=O) groups is 1. The van der Waals surface area contributed by atoms with Crippen molar-refractivity contribution in [1.82, 2.24) is 5.43 Å². The van der Waals surface area contributed by atoms with Crippen LogP contribution in [0.4, 0.5) is 0 Å². The number of benzene rings is 3. The number of nitrogens with one attached hydrogen (secondary N) is 1. The minimum absolute atomic E-state index is 0.0931. The van der Waals surface area contributed by atoms with Gasteiger partial charge in [-0.3, -0.25) is 4.79 Å². The van der Waals surface area contributed by atoms with Gasteiger partial charge >= 0.3 is 0 Å². The second kappa shape index (κ2) is 10.5. The Kier molecular flexibility index (Phi) is 7.43. The van der Waals surface area contributed by atoms with Gasteiger partial charge in [0, 0.05) is 3.57 Å². The molecule has 0 bridgehead atoms. The van der Waals surface area contributed by atoms with Gasteiger partial charge in [0.1, 0.15) is 18.1 Å². The quantitative estimate of drug-likeness (QED) is 0.292. The van der Waals surface area contributed by atoms with Gasteiger partial charge in [0.15, 0.2) is 6.61 Å². The maximum atomic E-state index is 11.8. The molecule has 1 N–H and O–H groups in total. The number of ether oxygens (including phenoxy) is 2. The van der Waals surface area contributed by atoms with Crippen molar-refractivity contribution in [2.45, 2.75) is 6.61 Å². The Labute approximate surface area is 177 Å². The van der Waals surface area contributed by atoms with Crippen molar-refractivity contribution >= 4 is 34.7 Å². The third kappa shape index (κ3) is 6.70. The van der Waals surface area contributed by atoms with Crippen LogP contribution in [0.2, 0.25) is 0 Å². The SMILES string of the molecule is O=C(COc1ccc(I)cc1)NN=Cc1ccc(OCc2ccccc2)cc1. The number of amides is 1. The normalized spacial score (nSPS) is 10.6. The van der Waals surface area contributed by atoms with E-state index in [-0.39, 0.29) is 12.5 Å². The molecule has 5 nitrogen and oxygen atoms in total. The highest BCUT2D eigenvalue weighted by Crippen LogP contribution is 2.14. The molecule has 0 unspecified atom stereocenters. The number of hydrogen-bond donors (Lipinski definition) is 1. The van der Waals surface area contributed by atoms with Gasteiger partial charge in [-0.05, 0) is 82.2 Å². The minimum atomic E-state index is -0.322. The van der Waals surface area contributed by atoms with Crippen molar-refractivity contribution in [1.29, 1.82) is 0 Å². The summed E-state index contributed by atoms with van der Waals surface area (Å²) in [6.45, 7) is 0.426. The van der Waals surface area contributed by atoms with Crippen LogP contribution in [-0.4, -0.2) is 18.7 Å². The van der Waals surface area contributed by atoms with Crippen molar-refractivity contribution in [3.63, 3.8) is 0 Å². The van der Waals surface area contributed by atoms with E-state index in [0.29, 0.717) is 12.4 Å². The first-order valence-corrected chi connectivity index (χ1v) is 9.74. The average Bonchev–Trinajstić information content (AvgIpc) is 2.73. The van der Waals surface area contributed by atoms with E-state index in [1.807, 2.05) is 78.9 Å². The van der Waals surface area contributed by atoms with E-state index >= 15 is 0 Å². The Bertz CT molecular complexity index is 911. The number of halogens is 1. The molecule has 0 saturated carbocycles. The van der Waals surface area contributed by atoms with Gasteiger partial charge in [-0.25, -0.2) is 5.43 Å². The van der Waals surface area contributed by atoms with Crippen LogP contribution in [0.5, 0.6) is 11.5 Å². The van der Waals surface area contributed by atoms with Gasteiger partial charge in [-0.1, -0.05) is 30.3 Å². The van der Waals surface area contributed by atoms with Crippen molar-refractivity contribution in [3.8, 4) is 11.5 Å². The van der Waals surface area contributed by atoms with Crippen LogP contribution in [0.3, 0.4) is 0 Å². The molecule has 0 saturated heterocycles. The Morgan fingerprint density at radius 1 is 0.893 bits per heavy atom. The zero-order chi connectivity index (χ0) is 19.6. The average molecular weight is 486 g/mol. The summed E-state index contributed by atoms with van der Waals surface area (Å²) in [7, 11) is 0. The van der Waals surface area contributed by atoms with E-state index in [9.17, 15) is 4.79 Å². The predicted octanol–water partition coefficient (Wildman–Crippen LogP) is 4.40. The topological polar surface area (TPSA) is 59.9 Å². The molecule has 3 rings (SSSR count). The van der Waals surface area contributed by atoms with Crippen LogP contribution in [0.25, 0.3) is 0 Å². The lowest BCUT2D eigenvalue weighted by molar-refractivity contribution is -0.123. The summed E-state index contributed by atoms with van der Waals surface area (Å²) in [6, 6.07) is 24.9. The van der Waals surface area contributed by atoms with Gasteiger partial charge in [-0.2, -0.15) is 5.10 Å². The van der Waals surface area contributed by atoms with E-state index in [0.717, 1.165) is 20.4 Å².